The van der Waals surface area contributed by atoms with Gasteiger partial charge >= 0.3 is 0 Å². The van der Waals surface area contributed by atoms with Crippen molar-refractivity contribution in [3.05, 3.63) is 54.1 Å². The molecule has 0 unspecified atom stereocenters. The predicted octanol–water partition coefficient (Wildman–Crippen LogP) is 2.80. The van der Waals surface area contributed by atoms with Crippen molar-refractivity contribution in [3.8, 4) is 11.5 Å². The number of nitrogens with zero attached hydrogens (tertiary/aromatic N) is 1. The van der Waals surface area contributed by atoms with Gasteiger partial charge in [0, 0.05) is 12.1 Å². The average Bonchev–Trinajstić information content (AvgIpc) is 2.66. The van der Waals surface area contributed by atoms with Gasteiger partial charge in [0.1, 0.15) is 18.0 Å². The van der Waals surface area contributed by atoms with Crippen LogP contribution in [0.1, 0.15) is 17.3 Å². The third-order valence-electron chi connectivity index (χ3n) is 3.70. The number of hydrogen-bond acceptors (Lipinski definition) is 4. The fourth-order valence-electron chi connectivity index (χ4n) is 2.38. The van der Waals surface area contributed by atoms with Gasteiger partial charge in [0.05, 0.1) is 19.9 Å². The topological polar surface area (TPSA) is 67.9 Å². The smallest absolute Gasteiger partial charge is 0.254 e. The first-order chi connectivity index (χ1) is 12.1. The van der Waals surface area contributed by atoms with E-state index in [2.05, 4.69) is 5.32 Å². The number of rotatable bonds is 7. The highest BCUT2D eigenvalue weighted by Gasteiger charge is 2.18. The van der Waals surface area contributed by atoms with Gasteiger partial charge in [-0.1, -0.05) is 18.2 Å². The molecule has 2 amide bonds. The standard InChI is InChI=1S/C19H22N2O4/c1-4-21(19(23)14-8-7-9-15(12-14)24-2)13-18(22)20-16-10-5-6-11-17(16)25-3/h5-12H,4,13H2,1-3H3,(H,20,22). The second-order valence-corrected chi connectivity index (χ2v) is 5.30. The number of anilines is 1. The molecular weight excluding hydrogens is 320 g/mol. The maximum atomic E-state index is 12.6. The van der Waals surface area contributed by atoms with Gasteiger partial charge in [0.2, 0.25) is 5.91 Å². The SMILES string of the molecule is CCN(CC(=O)Nc1ccccc1OC)C(=O)c1cccc(OC)c1. The van der Waals surface area contributed by atoms with Crippen LogP contribution in [0.2, 0.25) is 0 Å². The van der Waals surface area contributed by atoms with Crippen LogP contribution in [-0.2, 0) is 4.79 Å². The molecule has 0 aliphatic carbocycles. The summed E-state index contributed by atoms with van der Waals surface area (Å²) in [5, 5.41) is 2.77. The van der Waals surface area contributed by atoms with Gasteiger partial charge in [0.15, 0.2) is 0 Å². The number of carbonyl (C=O) groups excluding carboxylic acids is 2. The minimum absolute atomic E-state index is 0.0510. The molecule has 1 N–H and O–H groups in total. The highest BCUT2D eigenvalue weighted by Crippen LogP contribution is 2.23. The summed E-state index contributed by atoms with van der Waals surface area (Å²) >= 11 is 0. The molecule has 0 fully saturated rings. The number of nitrogens with one attached hydrogen (secondary N) is 1. The van der Waals surface area contributed by atoms with Crippen molar-refractivity contribution < 1.29 is 19.1 Å². The summed E-state index contributed by atoms with van der Waals surface area (Å²) in [4.78, 5) is 26.4. The van der Waals surface area contributed by atoms with Gasteiger partial charge < -0.3 is 19.7 Å². The summed E-state index contributed by atoms with van der Waals surface area (Å²) in [6.45, 7) is 2.19. The van der Waals surface area contributed by atoms with Crippen molar-refractivity contribution in [1.82, 2.24) is 4.90 Å². The normalized spacial score (nSPS) is 10.0. The third kappa shape index (κ3) is 4.73. The van der Waals surface area contributed by atoms with Gasteiger partial charge in [0.25, 0.3) is 5.91 Å². The first kappa shape index (κ1) is 18.3. The van der Waals surface area contributed by atoms with E-state index in [-0.39, 0.29) is 18.4 Å². The molecule has 0 spiro atoms. The molecule has 0 bridgehead atoms. The molecule has 0 saturated carbocycles. The Kier molecular flexibility index (Phi) is 6.39. The molecule has 0 atom stereocenters. The Morgan fingerprint density at radius 1 is 1.04 bits per heavy atom. The van der Waals surface area contributed by atoms with E-state index in [1.807, 2.05) is 13.0 Å². The summed E-state index contributed by atoms with van der Waals surface area (Å²) in [6.07, 6.45) is 0. The van der Waals surface area contributed by atoms with Crippen LogP contribution >= 0.6 is 0 Å². The fraction of sp³-hybridized carbons (Fsp3) is 0.263. The van der Waals surface area contributed by atoms with Crippen molar-refractivity contribution >= 4 is 17.5 Å². The Morgan fingerprint density at radius 3 is 2.48 bits per heavy atom. The average molecular weight is 342 g/mol. The van der Waals surface area contributed by atoms with Gasteiger partial charge in [-0.2, -0.15) is 0 Å². The van der Waals surface area contributed by atoms with Gasteiger partial charge in [-0.15, -0.1) is 0 Å². The van der Waals surface area contributed by atoms with Crippen LogP contribution in [0.5, 0.6) is 11.5 Å². The highest BCUT2D eigenvalue weighted by atomic mass is 16.5. The number of amides is 2. The first-order valence-corrected chi connectivity index (χ1v) is 7.95. The Balaban J connectivity index is 2.07. The lowest BCUT2D eigenvalue weighted by Gasteiger charge is -2.21. The Bertz CT molecular complexity index is 746. The van der Waals surface area contributed by atoms with E-state index >= 15 is 0 Å². The molecule has 0 aromatic heterocycles. The molecule has 132 valence electrons. The summed E-state index contributed by atoms with van der Waals surface area (Å²) in [7, 11) is 3.08. The van der Waals surface area contributed by atoms with Crippen molar-refractivity contribution in [1.29, 1.82) is 0 Å². The lowest BCUT2D eigenvalue weighted by atomic mass is 10.2. The highest BCUT2D eigenvalue weighted by molar-refractivity contribution is 6.00. The molecule has 0 radical (unpaired) electrons. The maximum absolute atomic E-state index is 12.6. The molecule has 6 heteroatoms. The number of methoxy groups -OCH3 is 2. The minimum atomic E-state index is -0.289. The van der Waals surface area contributed by atoms with Crippen molar-refractivity contribution in [2.24, 2.45) is 0 Å². The van der Waals surface area contributed by atoms with E-state index in [0.717, 1.165) is 0 Å². The molecule has 0 heterocycles. The predicted molar refractivity (Wildman–Crippen MR) is 96.2 cm³/mol. The number of likely N-dealkylation sites (N-methyl/N-ethyl adjacent to an activating group) is 1. The van der Waals surface area contributed by atoms with Crippen LogP contribution in [0.15, 0.2) is 48.5 Å². The van der Waals surface area contributed by atoms with Crippen molar-refractivity contribution in [3.63, 3.8) is 0 Å². The zero-order chi connectivity index (χ0) is 18.2. The number of hydrogen-bond donors (Lipinski definition) is 1. The van der Waals surface area contributed by atoms with Crippen molar-refractivity contribution in [2.75, 3.05) is 32.6 Å². The molecule has 2 rings (SSSR count). The van der Waals surface area contributed by atoms with Crippen LogP contribution in [0.3, 0.4) is 0 Å². The van der Waals surface area contributed by atoms with Gasteiger partial charge in [-0.3, -0.25) is 9.59 Å². The number of benzene rings is 2. The molecule has 6 nitrogen and oxygen atoms in total. The van der Waals surface area contributed by atoms with Crippen molar-refractivity contribution in [2.45, 2.75) is 6.92 Å². The van der Waals surface area contributed by atoms with E-state index in [4.69, 9.17) is 9.47 Å². The van der Waals surface area contributed by atoms with Crippen LogP contribution in [0.4, 0.5) is 5.69 Å². The summed E-state index contributed by atoms with van der Waals surface area (Å²) in [5.41, 5.74) is 1.05. The van der Waals surface area contributed by atoms with Crippen LogP contribution in [-0.4, -0.2) is 44.0 Å². The molecule has 2 aromatic rings. The lowest BCUT2D eigenvalue weighted by molar-refractivity contribution is -0.116. The zero-order valence-electron chi connectivity index (χ0n) is 14.6. The van der Waals surface area contributed by atoms with E-state index in [0.29, 0.717) is 29.3 Å². The Hall–Kier alpha value is -3.02. The number of carbonyl (C=O) groups is 2. The Labute approximate surface area is 147 Å². The van der Waals surface area contributed by atoms with Gasteiger partial charge in [-0.25, -0.2) is 0 Å². The van der Waals surface area contributed by atoms with Gasteiger partial charge in [-0.05, 0) is 37.3 Å². The van der Waals surface area contributed by atoms with E-state index in [1.54, 1.807) is 49.6 Å². The van der Waals surface area contributed by atoms with E-state index in [1.165, 1.54) is 12.0 Å². The van der Waals surface area contributed by atoms with Crippen LogP contribution in [0.25, 0.3) is 0 Å². The third-order valence-corrected chi connectivity index (χ3v) is 3.70. The zero-order valence-corrected chi connectivity index (χ0v) is 14.6. The number of para-hydroxylation sites is 2. The lowest BCUT2D eigenvalue weighted by Crippen LogP contribution is -2.37. The molecular formula is C19H22N2O4. The van der Waals surface area contributed by atoms with Crippen LogP contribution < -0.4 is 14.8 Å². The first-order valence-electron chi connectivity index (χ1n) is 7.95. The maximum Gasteiger partial charge on any atom is 0.254 e. The summed E-state index contributed by atoms with van der Waals surface area (Å²) < 4.78 is 10.4. The fourth-order valence-corrected chi connectivity index (χ4v) is 2.38. The quantitative estimate of drug-likeness (QED) is 0.840. The van der Waals surface area contributed by atoms with E-state index < -0.39 is 0 Å². The second kappa shape index (κ2) is 8.73. The monoisotopic (exact) mass is 342 g/mol. The largest absolute Gasteiger partial charge is 0.497 e. The minimum Gasteiger partial charge on any atom is -0.497 e. The molecule has 2 aromatic carbocycles. The second-order valence-electron chi connectivity index (χ2n) is 5.30. The molecule has 0 saturated heterocycles. The molecule has 0 aliphatic heterocycles. The summed E-state index contributed by atoms with van der Waals surface area (Å²) in [6, 6.07) is 14.0. The molecule has 0 aliphatic rings. The van der Waals surface area contributed by atoms with E-state index in [9.17, 15) is 9.59 Å². The summed E-state index contributed by atoms with van der Waals surface area (Å²) in [5.74, 6) is 0.651. The molecule has 25 heavy (non-hydrogen) atoms. The number of ether oxygens (including phenoxy) is 2. The Morgan fingerprint density at radius 2 is 1.80 bits per heavy atom. The van der Waals surface area contributed by atoms with Crippen LogP contribution in [0, 0.1) is 0 Å².